The summed E-state index contributed by atoms with van der Waals surface area (Å²) in [5.74, 6) is -3.52. The van der Waals surface area contributed by atoms with Crippen LogP contribution in [0.2, 0.25) is 0 Å². The average Bonchev–Trinajstić information content (AvgIpc) is 2.26. The first-order chi connectivity index (χ1) is 8.77. The number of halogens is 4. The molecule has 19 heavy (non-hydrogen) atoms. The molecule has 1 aliphatic heterocycles. The Kier molecular flexibility index (Phi) is 3.30. The summed E-state index contributed by atoms with van der Waals surface area (Å²) < 4.78 is 55.4. The molecule has 0 unspecified atom stereocenters. The Morgan fingerprint density at radius 2 is 1.68 bits per heavy atom. The molecule has 1 fully saturated rings. The van der Waals surface area contributed by atoms with Crippen molar-refractivity contribution in [2.24, 2.45) is 0 Å². The van der Waals surface area contributed by atoms with E-state index >= 15 is 0 Å². The molecule has 0 amide bonds. The summed E-state index contributed by atoms with van der Waals surface area (Å²) in [6.45, 7) is 0. The van der Waals surface area contributed by atoms with Gasteiger partial charge in [-0.2, -0.15) is 13.2 Å². The van der Waals surface area contributed by atoms with Gasteiger partial charge >= 0.3 is 18.1 Å². The van der Waals surface area contributed by atoms with Gasteiger partial charge in [0.1, 0.15) is 5.82 Å². The lowest BCUT2D eigenvalue weighted by molar-refractivity contribution is -0.163. The minimum absolute atomic E-state index is 0.292. The molecule has 0 atom stereocenters. The van der Waals surface area contributed by atoms with E-state index in [0.717, 1.165) is 0 Å². The van der Waals surface area contributed by atoms with Gasteiger partial charge in [0.2, 0.25) is 0 Å². The predicted molar refractivity (Wildman–Crippen MR) is 54.5 cm³/mol. The fourth-order valence-electron chi connectivity index (χ4n) is 1.94. The number of hydrogen-bond acceptors (Lipinski definition) is 3. The van der Waals surface area contributed by atoms with Gasteiger partial charge in [-0.3, -0.25) is 9.59 Å². The lowest BCUT2D eigenvalue weighted by atomic mass is 9.89. The number of carbonyl (C=O) groups excluding carboxylic acids is 2. The second-order valence-corrected chi connectivity index (χ2v) is 4.19. The third-order valence-electron chi connectivity index (χ3n) is 2.82. The Morgan fingerprint density at radius 3 is 2.21 bits per heavy atom. The Balaban J connectivity index is 2.38. The van der Waals surface area contributed by atoms with Gasteiger partial charge in [-0.15, -0.1) is 0 Å². The van der Waals surface area contributed by atoms with Crippen LogP contribution in [0, 0.1) is 5.82 Å². The van der Waals surface area contributed by atoms with Crippen molar-refractivity contribution >= 4 is 11.9 Å². The lowest BCUT2D eigenvalue weighted by Crippen LogP contribution is -2.25. The summed E-state index contributed by atoms with van der Waals surface area (Å²) in [6, 6.07) is 1.93. The number of cyclic esters (lactones) is 2. The lowest BCUT2D eigenvalue weighted by Gasteiger charge is -2.21. The van der Waals surface area contributed by atoms with E-state index in [4.69, 9.17) is 0 Å². The third kappa shape index (κ3) is 2.91. The van der Waals surface area contributed by atoms with Crippen LogP contribution in [0.3, 0.4) is 0 Å². The number of carbonyl (C=O) groups is 2. The van der Waals surface area contributed by atoms with Crippen molar-refractivity contribution in [1.29, 1.82) is 0 Å². The normalized spacial score (nSPS) is 17.5. The van der Waals surface area contributed by atoms with E-state index in [1.165, 1.54) is 0 Å². The first-order valence-corrected chi connectivity index (χ1v) is 5.37. The highest BCUT2D eigenvalue weighted by molar-refractivity contribution is 5.89. The zero-order valence-corrected chi connectivity index (χ0v) is 9.46. The van der Waals surface area contributed by atoms with Crippen molar-refractivity contribution in [3.05, 3.63) is 35.1 Å². The summed E-state index contributed by atoms with van der Waals surface area (Å²) in [5, 5.41) is 0. The number of ether oxygens (including phenoxy) is 1. The summed E-state index contributed by atoms with van der Waals surface area (Å²) in [5.41, 5.74) is -1.31. The monoisotopic (exact) mass is 276 g/mol. The van der Waals surface area contributed by atoms with Crippen LogP contribution in [-0.2, 0) is 20.5 Å². The van der Waals surface area contributed by atoms with E-state index in [-0.39, 0.29) is 18.4 Å². The molecular formula is C12H8F4O3. The minimum Gasteiger partial charge on any atom is -0.393 e. The molecule has 102 valence electrons. The van der Waals surface area contributed by atoms with Crippen molar-refractivity contribution in [3.63, 3.8) is 0 Å². The van der Waals surface area contributed by atoms with E-state index in [0.29, 0.717) is 18.2 Å². The Hall–Kier alpha value is -1.92. The average molecular weight is 276 g/mol. The molecule has 0 aromatic heterocycles. The number of hydrogen-bond donors (Lipinski definition) is 0. The van der Waals surface area contributed by atoms with Crippen LogP contribution < -0.4 is 0 Å². The number of benzene rings is 1. The molecule has 2 rings (SSSR count). The summed E-state index contributed by atoms with van der Waals surface area (Å²) in [6.07, 6.45) is -5.24. The van der Waals surface area contributed by atoms with Gasteiger partial charge in [-0.25, -0.2) is 4.39 Å². The maximum atomic E-state index is 13.6. The Morgan fingerprint density at radius 1 is 1.11 bits per heavy atom. The van der Waals surface area contributed by atoms with Crippen molar-refractivity contribution < 1.29 is 31.9 Å². The molecule has 1 aromatic carbocycles. The highest BCUT2D eigenvalue weighted by Gasteiger charge is 2.34. The van der Waals surface area contributed by atoms with Crippen molar-refractivity contribution in [2.75, 3.05) is 0 Å². The van der Waals surface area contributed by atoms with Crippen LogP contribution in [0.4, 0.5) is 17.6 Å². The molecule has 0 N–H and O–H groups in total. The van der Waals surface area contributed by atoms with Gasteiger partial charge in [0, 0.05) is 5.92 Å². The molecule has 0 spiro atoms. The third-order valence-corrected chi connectivity index (χ3v) is 2.82. The molecule has 7 heteroatoms. The molecule has 0 bridgehead atoms. The number of alkyl halides is 3. The first kappa shape index (κ1) is 13.5. The minimum atomic E-state index is -4.61. The van der Waals surface area contributed by atoms with E-state index < -0.39 is 35.4 Å². The van der Waals surface area contributed by atoms with Crippen LogP contribution in [0.25, 0.3) is 0 Å². The zero-order chi connectivity index (χ0) is 14.2. The van der Waals surface area contributed by atoms with E-state index in [1.807, 2.05) is 0 Å². The fraction of sp³-hybridized carbons (Fsp3) is 0.333. The maximum absolute atomic E-state index is 13.6. The highest BCUT2D eigenvalue weighted by atomic mass is 19.4. The zero-order valence-electron chi connectivity index (χ0n) is 9.46. The maximum Gasteiger partial charge on any atom is 0.416 e. The van der Waals surface area contributed by atoms with E-state index in [1.54, 1.807) is 0 Å². The van der Waals surface area contributed by atoms with E-state index in [9.17, 15) is 27.2 Å². The molecule has 0 radical (unpaired) electrons. The second-order valence-electron chi connectivity index (χ2n) is 4.19. The molecular weight excluding hydrogens is 268 g/mol. The summed E-state index contributed by atoms with van der Waals surface area (Å²) >= 11 is 0. The first-order valence-electron chi connectivity index (χ1n) is 5.37. The van der Waals surface area contributed by atoms with Crippen LogP contribution in [0.1, 0.15) is 29.9 Å². The van der Waals surface area contributed by atoms with Crippen LogP contribution >= 0.6 is 0 Å². The van der Waals surface area contributed by atoms with Gasteiger partial charge in [-0.05, 0) is 23.8 Å². The van der Waals surface area contributed by atoms with Gasteiger partial charge in [-0.1, -0.05) is 0 Å². The smallest absolute Gasteiger partial charge is 0.393 e. The molecule has 3 nitrogen and oxygen atoms in total. The summed E-state index contributed by atoms with van der Waals surface area (Å²) in [7, 11) is 0. The molecule has 1 heterocycles. The molecule has 0 saturated carbocycles. The fourth-order valence-corrected chi connectivity index (χ4v) is 1.94. The second kappa shape index (κ2) is 4.64. The largest absolute Gasteiger partial charge is 0.416 e. The van der Waals surface area contributed by atoms with Crippen molar-refractivity contribution in [1.82, 2.24) is 0 Å². The van der Waals surface area contributed by atoms with Gasteiger partial charge < -0.3 is 4.74 Å². The van der Waals surface area contributed by atoms with Gasteiger partial charge in [0.25, 0.3) is 0 Å². The SMILES string of the molecule is O=C1CC(c2cc(C(F)(F)F)ccc2F)CC(=O)O1. The van der Waals surface area contributed by atoms with Crippen molar-refractivity contribution in [3.8, 4) is 0 Å². The number of rotatable bonds is 1. The molecule has 1 aliphatic rings. The molecule has 1 saturated heterocycles. The van der Waals surface area contributed by atoms with Crippen LogP contribution in [-0.4, -0.2) is 11.9 Å². The Labute approximate surface area is 105 Å². The molecule has 1 aromatic rings. The topological polar surface area (TPSA) is 43.4 Å². The quantitative estimate of drug-likeness (QED) is 0.450. The Bertz CT molecular complexity index is 520. The van der Waals surface area contributed by atoms with Crippen LogP contribution in [0.15, 0.2) is 18.2 Å². The van der Waals surface area contributed by atoms with Crippen molar-refractivity contribution in [2.45, 2.75) is 24.9 Å². The highest BCUT2D eigenvalue weighted by Crippen LogP contribution is 2.35. The predicted octanol–water partition coefficient (Wildman–Crippen LogP) is 2.79. The summed E-state index contributed by atoms with van der Waals surface area (Å²) in [4.78, 5) is 22.1. The van der Waals surface area contributed by atoms with Gasteiger partial charge in [0.15, 0.2) is 0 Å². The number of esters is 2. The van der Waals surface area contributed by atoms with Crippen LogP contribution in [0.5, 0.6) is 0 Å². The molecule has 0 aliphatic carbocycles. The standard InChI is InChI=1S/C12H8F4O3/c13-9-2-1-7(12(14,15)16)5-8(9)6-3-10(17)19-11(18)4-6/h1-2,5-6H,3-4H2. The van der Waals surface area contributed by atoms with Gasteiger partial charge in [0.05, 0.1) is 18.4 Å². The van der Waals surface area contributed by atoms with E-state index in [2.05, 4.69) is 4.74 Å².